The fraction of sp³-hybridized carbons (Fsp3) is 0.917. The van der Waals surface area contributed by atoms with Crippen LogP contribution in [0.5, 0.6) is 0 Å². The van der Waals surface area contributed by atoms with Crippen molar-refractivity contribution in [3.05, 3.63) is 0 Å². The van der Waals surface area contributed by atoms with Crippen molar-refractivity contribution in [3.8, 4) is 0 Å². The Bertz CT molecular complexity index is 251. The van der Waals surface area contributed by atoms with Gasteiger partial charge in [0, 0.05) is 19.2 Å². The maximum atomic E-state index is 12.2. The Balaban J connectivity index is 1.97. The first kappa shape index (κ1) is 11.9. The standard InChI is InChI=1S/C12H22N2O2/c1-9-4-5-10(7-13)8-14(9)12(15)11-3-2-6-16-11/h9-11H,2-8,13H2,1H3/t9?,10?,11-/m0/s1. The molecule has 1 amide bonds. The van der Waals surface area contributed by atoms with Crippen LogP contribution in [0.4, 0.5) is 0 Å². The van der Waals surface area contributed by atoms with E-state index in [1.54, 1.807) is 0 Å². The van der Waals surface area contributed by atoms with Gasteiger partial charge in [0.05, 0.1) is 0 Å². The molecule has 2 aliphatic rings. The highest BCUT2D eigenvalue weighted by Gasteiger charge is 2.34. The molecule has 0 aliphatic carbocycles. The molecule has 4 heteroatoms. The number of nitrogens with zero attached hydrogens (tertiary/aromatic N) is 1. The average molecular weight is 226 g/mol. The van der Waals surface area contributed by atoms with Gasteiger partial charge in [-0.2, -0.15) is 0 Å². The van der Waals surface area contributed by atoms with Gasteiger partial charge in [0.25, 0.3) is 5.91 Å². The second-order valence-electron chi connectivity index (χ2n) is 5.02. The molecule has 2 unspecified atom stereocenters. The fourth-order valence-corrected chi connectivity index (χ4v) is 2.64. The minimum atomic E-state index is -0.182. The quantitative estimate of drug-likeness (QED) is 0.756. The number of nitrogens with two attached hydrogens (primary N) is 1. The van der Waals surface area contributed by atoms with Crippen LogP contribution in [0.15, 0.2) is 0 Å². The molecule has 2 fully saturated rings. The molecule has 16 heavy (non-hydrogen) atoms. The van der Waals surface area contributed by atoms with Crippen molar-refractivity contribution in [2.24, 2.45) is 11.7 Å². The Morgan fingerprint density at radius 3 is 2.88 bits per heavy atom. The molecule has 0 aromatic heterocycles. The lowest BCUT2D eigenvalue weighted by Gasteiger charge is -2.38. The van der Waals surface area contributed by atoms with Crippen molar-refractivity contribution in [2.45, 2.75) is 44.8 Å². The fourth-order valence-electron chi connectivity index (χ4n) is 2.64. The van der Waals surface area contributed by atoms with E-state index < -0.39 is 0 Å². The summed E-state index contributed by atoms with van der Waals surface area (Å²) in [5.74, 6) is 0.657. The molecule has 0 saturated carbocycles. The molecule has 2 aliphatic heterocycles. The summed E-state index contributed by atoms with van der Waals surface area (Å²) >= 11 is 0. The minimum absolute atomic E-state index is 0.182. The normalized spacial score (nSPS) is 35.4. The molecule has 3 atom stereocenters. The molecule has 0 aromatic carbocycles. The number of ether oxygens (including phenoxy) is 1. The van der Waals surface area contributed by atoms with Gasteiger partial charge >= 0.3 is 0 Å². The van der Waals surface area contributed by atoms with E-state index in [2.05, 4.69) is 6.92 Å². The highest BCUT2D eigenvalue weighted by molar-refractivity contribution is 5.81. The highest BCUT2D eigenvalue weighted by Crippen LogP contribution is 2.24. The van der Waals surface area contributed by atoms with Crippen molar-refractivity contribution < 1.29 is 9.53 Å². The van der Waals surface area contributed by atoms with Crippen LogP contribution in [0, 0.1) is 5.92 Å². The topological polar surface area (TPSA) is 55.6 Å². The lowest BCUT2D eigenvalue weighted by molar-refractivity contribution is -0.145. The van der Waals surface area contributed by atoms with Crippen molar-refractivity contribution in [1.82, 2.24) is 4.90 Å². The summed E-state index contributed by atoms with van der Waals surface area (Å²) in [5.41, 5.74) is 5.70. The summed E-state index contributed by atoms with van der Waals surface area (Å²) in [5, 5.41) is 0. The zero-order chi connectivity index (χ0) is 11.5. The largest absolute Gasteiger partial charge is 0.368 e. The number of hydrogen-bond donors (Lipinski definition) is 1. The summed E-state index contributed by atoms with van der Waals surface area (Å²) in [6, 6.07) is 0.347. The molecule has 0 radical (unpaired) electrons. The number of likely N-dealkylation sites (tertiary alicyclic amines) is 1. The van der Waals surface area contributed by atoms with Gasteiger partial charge in [-0.1, -0.05) is 0 Å². The van der Waals surface area contributed by atoms with Crippen LogP contribution in [0.1, 0.15) is 32.6 Å². The Hall–Kier alpha value is -0.610. The summed E-state index contributed by atoms with van der Waals surface area (Å²) in [6.45, 7) is 4.36. The van der Waals surface area contributed by atoms with Gasteiger partial charge < -0.3 is 15.4 Å². The molecule has 4 nitrogen and oxygen atoms in total. The first-order valence-corrected chi connectivity index (χ1v) is 6.34. The number of carbonyl (C=O) groups is 1. The van der Waals surface area contributed by atoms with Crippen LogP contribution in [0.3, 0.4) is 0 Å². The van der Waals surface area contributed by atoms with Crippen LogP contribution in [-0.2, 0) is 9.53 Å². The zero-order valence-electron chi connectivity index (χ0n) is 10.0. The van der Waals surface area contributed by atoms with Gasteiger partial charge in [-0.15, -0.1) is 0 Å². The number of amides is 1. The number of piperidine rings is 1. The molecule has 0 spiro atoms. The van der Waals surface area contributed by atoms with Gasteiger partial charge in [0.15, 0.2) is 0 Å². The highest BCUT2D eigenvalue weighted by atomic mass is 16.5. The van der Waals surface area contributed by atoms with Gasteiger partial charge in [-0.05, 0) is 45.1 Å². The maximum absolute atomic E-state index is 12.2. The second-order valence-corrected chi connectivity index (χ2v) is 5.02. The van der Waals surface area contributed by atoms with E-state index in [1.807, 2.05) is 4.90 Å². The van der Waals surface area contributed by atoms with Gasteiger partial charge in [0.2, 0.25) is 0 Å². The predicted octanol–water partition coefficient (Wildman–Crippen LogP) is 0.751. The lowest BCUT2D eigenvalue weighted by Crippen LogP contribution is -2.50. The average Bonchev–Trinajstić information content (AvgIpc) is 2.82. The Labute approximate surface area is 97.1 Å². The van der Waals surface area contributed by atoms with E-state index in [4.69, 9.17) is 10.5 Å². The Morgan fingerprint density at radius 1 is 1.44 bits per heavy atom. The molecule has 0 bridgehead atoms. The van der Waals surface area contributed by atoms with Crippen LogP contribution in [0.2, 0.25) is 0 Å². The Morgan fingerprint density at radius 2 is 2.25 bits per heavy atom. The molecular weight excluding hydrogens is 204 g/mol. The van der Waals surface area contributed by atoms with E-state index in [0.717, 1.165) is 38.8 Å². The maximum Gasteiger partial charge on any atom is 0.251 e. The van der Waals surface area contributed by atoms with Crippen LogP contribution in [-0.4, -0.2) is 42.6 Å². The van der Waals surface area contributed by atoms with Crippen molar-refractivity contribution >= 4 is 5.91 Å². The van der Waals surface area contributed by atoms with E-state index in [-0.39, 0.29) is 12.0 Å². The summed E-state index contributed by atoms with van der Waals surface area (Å²) in [6.07, 6.45) is 3.93. The van der Waals surface area contributed by atoms with E-state index in [1.165, 1.54) is 0 Å². The van der Waals surface area contributed by atoms with Crippen molar-refractivity contribution in [1.29, 1.82) is 0 Å². The van der Waals surface area contributed by atoms with Crippen LogP contribution >= 0.6 is 0 Å². The number of rotatable bonds is 2. The third-order valence-corrected chi connectivity index (χ3v) is 3.80. The van der Waals surface area contributed by atoms with Crippen LogP contribution < -0.4 is 5.73 Å². The summed E-state index contributed by atoms with van der Waals surface area (Å²) < 4.78 is 5.46. The minimum Gasteiger partial charge on any atom is -0.368 e. The monoisotopic (exact) mass is 226 g/mol. The number of carbonyl (C=O) groups excluding carboxylic acids is 1. The summed E-state index contributed by atoms with van der Waals surface area (Å²) in [7, 11) is 0. The van der Waals surface area contributed by atoms with Gasteiger partial charge in [0.1, 0.15) is 6.10 Å². The van der Waals surface area contributed by atoms with E-state index >= 15 is 0 Å². The van der Waals surface area contributed by atoms with Gasteiger partial charge in [-0.3, -0.25) is 4.79 Å². The van der Waals surface area contributed by atoms with Crippen molar-refractivity contribution in [2.75, 3.05) is 19.7 Å². The molecule has 2 N–H and O–H groups in total. The second kappa shape index (κ2) is 5.15. The SMILES string of the molecule is CC1CCC(CN)CN1C(=O)[C@@H]1CCCO1. The molecular formula is C12H22N2O2. The van der Waals surface area contributed by atoms with Crippen LogP contribution in [0.25, 0.3) is 0 Å². The molecule has 92 valence electrons. The van der Waals surface area contributed by atoms with E-state index in [9.17, 15) is 4.79 Å². The lowest BCUT2D eigenvalue weighted by atomic mass is 9.93. The zero-order valence-corrected chi connectivity index (χ0v) is 10.0. The first-order valence-electron chi connectivity index (χ1n) is 6.34. The van der Waals surface area contributed by atoms with E-state index in [0.29, 0.717) is 18.5 Å². The summed E-state index contributed by atoms with van der Waals surface area (Å²) in [4.78, 5) is 14.2. The first-order chi connectivity index (χ1) is 7.72. The number of hydrogen-bond acceptors (Lipinski definition) is 3. The van der Waals surface area contributed by atoms with Gasteiger partial charge in [-0.25, -0.2) is 0 Å². The predicted molar refractivity (Wildman–Crippen MR) is 61.9 cm³/mol. The Kier molecular flexibility index (Phi) is 3.82. The molecule has 2 heterocycles. The smallest absolute Gasteiger partial charge is 0.251 e. The molecule has 2 saturated heterocycles. The molecule has 2 rings (SSSR count). The third-order valence-electron chi connectivity index (χ3n) is 3.80. The van der Waals surface area contributed by atoms with Crippen molar-refractivity contribution in [3.63, 3.8) is 0 Å². The molecule has 0 aromatic rings. The third kappa shape index (κ3) is 2.38.